The standard InChI is InChI=1S/C20H32N4O3.HI/c1-2-19(27-11-1)3-7-21-20(22-17-5-12-25-13-6-17)24-8-4-18(16-24)23-9-14-26-15-10-23;/h1-2,11,17-18H,3-10,12-16H2,(H,21,22);1H. The molecule has 1 unspecified atom stereocenters. The summed E-state index contributed by atoms with van der Waals surface area (Å²) in [5.74, 6) is 2.06. The quantitative estimate of drug-likeness (QED) is 0.376. The lowest BCUT2D eigenvalue weighted by Gasteiger charge is -2.33. The lowest BCUT2D eigenvalue weighted by atomic mass is 10.1. The summed E-state index contributed by atoms with van der Waals surface area (Å²) in [5.41, 5.74) is 0. The highest BCUT2D eigenvalue weighted by molar-refractivity contribution is 14.0. The smallest absolute Gasteiger partial charge is 0.194 e. The fourth-order valence-electron chi connectivity index (χ4n) is 4.16. The van der Waals surface area contributed by atoms with E-state index in [0.29, 0.717) is 12.1 Å². The number of morpholine rings is 1. The number of rotatable bonds is 5. The molecular weight excluding hydrogens is 471 g/mol. The third kappa shape index (κ3) is 6.08. The van der Waals surface area contributed by atoms with Crippen molar-refractivity contribution in [1.82, 2.24) is 15.1 Å². The van der Waals surface area contributed by atoms with E-state index < -0.39 is 0 Å². The lowest BCUT2D eigenvalue weighted by molar-refractivity contribution is 0.0194. The zero-order valence-electron chi connectivity index (χ0n) is 16.6. The number of furan rings is 1. The Hall–Kier alpha value is -0.840. The van der Waals surface area contributed by atoms with E-state index in [2.05, 4.69) is 15.1 Å². The van der Waals surface area contributed by atoms with Crippen LogP contribution in [0, 0.1) is 0 Å². The minimum atomic E-state index is 0. The molecule has 7 nitrogen and oxygen atoms in total. The Balaban J connectivity index is 0.00000225. The first kappa shape index (κ1) is 21.9. The van der Waals surface area contributed by atoms with Crippen LogP contribution in [-0.4, -0.2) is 87.0 Å². The summed E-state index contributed by atoms with van der Waals surface area (Å²) < 4.78 is 16.5. The van der Waals surface area contributed by atoms with Crippen molar-refractivity contribution in [1.29, 1.82) is 0 Å². The van der Waals surface area contributed by atoms with E-state index in [-0.39, 0.29) is 24.0 Å². The van der Waals surface area contributed by atoms with Gasteiger partial charge in [0.2, 0.25) is 0 Å². The van der Waals surface area contributed by atoms with Gasteiger partial charge in [-0.1, -0.05) is 0 Å². The van der Waals surface area contributed by atoms with E-state index in [4.69, 9.17) is 18.9 Å². The van der Waals surface area contributed by atoms with Crippen LogP contribution < -0.4 is 5.32 Å². The lowest BCUT2D eigenvalue weighted by Crippen LogP contribution is -2.49. The molecule has 0 aliphatic carbocycles. The summed E-state index contributed by atoms with van der Waals surface area (Å²) in [6.45, 7) is 8.38. The minimum absolute atomic E-state index is 0. The van der Waals surface area contributed by atoms with Gasteiger partial charge in [-0.2, -0.15) is 0 Å². The van der Waals surface area contributed by atoms with Crippen LogP contribution in [0.2, 0.25) is 0 Å². The molecule has 1 N–H and O–H groups in total. The molecular formula is C20H33IN4O3. The second-order valence-corrected chi connectivity index (χ2v) is 7.60. The van der Waals surface area contributed by atoms with Crippen LogP contribution in [0.15, 0.2) is 27.8 Å². The van der Waals surface area contributed by atoms with Gasteiger partial charge in [0.1, 0.15) is 5.76 Å². The number of nitrogens with one attached hydrogen (secondary N) is 1. The average Bonchev–Trinajstić information content (AvgIpc) is 3.41. The van der Waals surface area contributed by atoms with Gasteiger partial charge in [0, 0.05) is 64.4 Å². The molecule has 158 valence electrons. The highest BCUT2D eigenvalue weighted by Gasteiger charge is 2.31. The number of hydrogen-bond donors (Lipinski definition) is 1. The van der Waals surface area contributed by atoms with E-state index in [9.17, 15) is 0 Å². The summed E-state index contributed by atoms with van der Waals surface area (Å²) in [6.07, 6.45) is 5.88. The molecule has 4 rings (SSSR count). The molecule has 0 spiro atoms. The molecule has 8 heteroatoms. The fourth-order valence-corrected chi connectivity index (χ4v) is 4.16. The predicted octanol–water partition coefficient (Wildman–Crippen LogP) is 1.97. The Morgan fingerprint density at radius 2 is 1.86 bits per heavy atom. The van der Waals surface area contributed by atoms with Crippen LogP contribution in [0.5, 0.6) is 0 Å². The first-order valence-electron chi connectivity index (χ1n) is 10.4. The molecule has 0 aromatic carbocycles. The number of nitrogens with zero attached hydrogens (tertiary/aromatic N) is 3. The molecule has 4 heterocycles. The molecule has 3 aliphatic rings. The Morgan fingerprint density at radius 1 is 1.07 bits per heavy atom. The third-order valence-corrected chi connectivity index (χ3v) is 5.78. The Labute approximate surface area is 184 Å². The fraction of sp³-hybridized carbons (Fsp3) is 0.750. The maximum absolute atomic E-state index is 5.51. The van der Waals surface area contributed by atoms with Crippen molar-refractivity contribution in [2.75, 3.05) is 59.2 Å². The number of guanidine groups is 1. The molecule has 3 aliphatic heterocycles. The second-order valence-electron chi connectivity index (χ2n) is 7.60. The zero-order valence-corrected chi connectivity index (χ0v) is 18.9. The van der Waals surface area contributed by atoms with Gasteiger partial charge in [0.15, 0.2) is 5.96 Å². The number of hydrogen-bond acceptors (Lipinski definition) is 5. The van der Waals surface area contributed by atoms with Gasteiger partial charge in [0.25, 0.3) is 0 Å². The molecule has 28 heavy (non-hydrogen) atoms. The molecule has 0 amide bonds. The average molecular weight is 504 g/mol. The van der Waals surface area contributed by atoms with Crippen molar-refractivity contribution in [2.45, 2.75) is 37.8 Å². The van der Waals surface area contributed by atoms with Crippen LogP contribution >= 0.6 is 24.0 Å². The maximum Gasteiger partial charge on any atom is 0.194 e. The first-order valence-corrected chi connectivity index (χ1v) is 10.4. The summed E-state index contributed by atoms with van der Waals surface area (Å²) in [7, 11) is 0. The van der Waals surface area contributed by atoms with Crippen LogP contribution in [0.1, 0.15) is 25.0 Å². The van der Waals surface area contributed by atoms with Gasteiger partial charge in [-0.15, -0.1) is 24.0 Å². The third-order valence-electron chi connectivity index (χ3n) is 5.78. The van der Waals surface area contributed by atoms with Crippen molar-refractivity contribution in [3.63, 3.8) is 0 Å². The molecule has 0 radical (unpaired) electrons. The number of halogens is 1. The van der Waals surface area contributed by atoms with E-state index in [1.165, 1.54) is 6.42 Å². The van der Waals surface area contributed by atoms with Crippen LogP contribution in [0.4, 0.5) is 0 Å². The van der Waals surface area contributed by atoms with E-state index in [1.807, 2.05) is 12.1 Å². The maximum atomic E-state index is 5.51. The minimum Gasteiger partial charge on any atom is -0.469 e. The highest BCUT2D eigenvalue weighted by Crippen LogP contribution is 2.18. The summed E-state index contributed by atoms with van der Waals surface area (Å²) in [5, 5.41) is 3.72. The number of likely N-dealkylation sites (tertiary alicyclic amines) is 1. The molecule has 1 atom stereocenters. The summed E-state index contributed by atoms with van der Waals surface area (Å²) in [4.78, 5) is 9.97. The highest BCUT2D eigenvalue weighted by atomic mass is 127. The van der Waals surface area contributed by atoms with Crippen molar-refractivity contribution < 1.29 is 13.9 Å². The topological polar surface area (TPSA) is 62.5 Å². The van der Waals surface area contributed by atoms with Gasteiger partial charge >= 0.3 is 0 Å². The van der Waals surface area contributed by atoms with Gasteiger partial charge in [-0.3, -0.25) is 9.89 Å². The Bertz CT molecular complexity index is 586. The Morgan fingerprint density at radius 3 is 2.61 bits per heavy atom. The number of aliphatic imine (C=N–C) groups is 1. The van der Waals surface area contributed by atoms with E-state index >= 15 is 0 Å². The molecule has 1 aromatic heterocycles. The van der Waals surface area contributed by atoms with Crippen LogP contribution in [0.25, 0.3) is 0 Å². The van der Waals surface area contributed by atoms with Gasteiger partial charge in [0.05, 0.1) is 19.5 Å². The molecule has 0 saturated carbocycles. The summed E-state index contributed by atoms with van der Waals surface area (Å²) >= 11 is 0. The van der Waals surface area contributed by atoms with Crippen LogP contribution in [0.3, 0.4) is 0 Å². The summed E-state index contributed by atoms with van der Waals surface area (Å²) in [6, 6.07) is 5.03. The van der Waals surface area contributed by atoms with E-state index in [1.54, 1.807) is 6.26 Å². The van der Waals surface area contributed by atoms with Crippen molar-refractivity contribution in [2.24, 2.45) is 4.99 Å². The predicted molar refractivity (Wildman–Crippen MR) is 119 cm³/mol. The molecule has 3 fully saturated rings. The van der Waals surface area contributed by atoms with Crippen molar-refractivity contribution in [3.8, 4) is 0 Å². The van der Waals surface area contributed by atoms with Gasteiger partial charge in [-0.25, -0.2) is 0 Å². The van der Waals surface area contributed by atoms with Gasteiger partial charge < -0.3 is 24.1 Å². The first-order chi connectivity index (χ1) is 13.4. The number of ether oxygens (including phenoxy) is 2. The molecule has 0 bridgehead atoms. The van der Waals surface area contributed by atoms with Crippen LogP contribution in [-0.2, 0) is 15.9 Å². The normalized spacial score (nSPS) is 24.9. The largest absolute Gasteiger partial charge is 0.469 e. The second kappa shape index (κ2) is 11.4. The zero-order chi connectivity index (χ0) is 18.3. The molecule has 1 aromatic rings. The SMILES string of the molecule is I.c1coc(CCN=C(NC2CCOCC2)N2CCC(N3CCOCC3)C2)c1. The van der Waals surface area contributed by atoms with Crippen molar-refractivity contribution in [3.05, 3.63) is 24.2 Å². The van der Waals surface area contributed by atoms with E-state index in [0.717, 1.165) is 90.1 Å². The van der Waals surface area contributed by atoms with Gasteiger partial charge in [-0.05, 0) is 31.4 Å². The van der Waals surface area contributed by atoms with Crippen molar-refractivity contribution >= 4 is 29.9 Å². The monoisotopic (exact) mass is 504 g/mol. The Kier molecular flexibility index (Phi) is 8.88. The molecule has 3 saturated heterocycles.